The zero-order valence-electron chi connectivity index (χ0n) is 7.00. The number of rotatable bonds is 3. The van der Waals surface area contributed by atoms with Gasteiger partial charge in [0.25, 0.3) is 0 Å². The van der Waals surface area contributed by atoms with E-state index >= 15 is 0 Å². The van der Waals surface area contributed by atoms with E-state index in [1.165, 1.54) is 0 Å². The standard InChI is InChI=1S/C7H7Cl2N3O2/c8-5-3(1-2-4(13)14)6(9)12-7(10)11-5/h1-2H2,(H,13,14)(H2,10,11,12). The number of anilines is 1. The fraction of sp³-hybridized carbons (Fsp3) is 0.286. The number of nitrogens with zero attached hydrogens (tertiary/aromatic N) is 2. The Bertz CT molecular complexity index is 347. The molecule has 0 radical (unpaired) electrons. The summed E-state index contributed by atoms with van der Waals surface area (Å²) in [5, 5.41) is 8.66. The van der Waals surface area contributed by atoms with E-state index in [0.717, 1.165) is 0 Å². The molecule has 0 saturated carbocycles. The first-order valence-electron chi connectivity index (χ1n) is 3.70. The van der Waals surface area contributed by atoms with Crippen molar-refractivity contribution in [3.05, 3.63) is 15.9 Å². The molecule has 0 spiro atoms. The van der Waals surface area contributed by atoms with Crippen molar-refractivity contribution in [2.45, 2.75) is 12.8 Å². The molecule has 5 nitrogen and oxygen atoms in total. The molecule has 1 aromatic rings. The van der Waals surface area contributed by atoms with Crippen LogP contribution >= 0.6 is 23.2 Å². The molecule has 14 heavy (non-hydrogen) atoms. The van der Waals surface area contributed by atoms with Crippen molar-refractivity contribution in [2.75, 3.05) is 5.73 Å². The summed E-state index contributed by atoms with van der Waals surface area (Å²) in [4.78, 5) is 17.6. The third kappa shape index (κ3) is 2.71. The van der Waals surface area contributed by atoms with Gasteiger partial charge in [0, 0.05) is 12.0 Å². The van der Waals surface area contributed by atoms with E-state index in [1.54, 1.807) is 0 Å². The molecule has 1 rings (SSSR count). The van der Waals surface area contributed by atoms with Gasteiger partial charge in [-0.3, -0.25) is 4.79 Å². The first kappa shape index (κ1) is 11.0. The van der Waals surface area contributed by atoms with Crippen molar-refractivity contribution in [2.24, 2.45) is 0 Å². The number of hydrogen-bond donors (Lipinski definition) is 2. The van der Waals surface area contributed by atoms with E-state index in [4.69, 9.17) is 34.0 Å². The van der Waals surface area contributed by atoms with Crippen molar-refractivity contribution in [3.63, 3.8) is 0 Å². The van der Waals surface area contributed by atoms with Crippen LogP contribution in [0.4, 0.5) is 5.95 Å². The summed E-state index contributed by atoms with van der Waals surface area (Å²) in [5.41, 5.74) is 5.68. The van der Waals surface area contributed by atoms with Crippen LogP contribution in [0.3, 0.4) is 0 Å². The first-order valence-corrected chi connectivity index (χ1v) is 4.45. The Labute approximate surface area is 89.9 Å². The van der Waals surface area contributed by atoms with E-state index in [9.17, 15) is 4.79 Å². The fourth-order valence-electron chi connectivity index (χ4n) is 0.884. The average molecular weight is 236 g/mol. The Morgan fingerprint density at radius 1 is 1.36 bits per heavy atom. The molecule has 0 unspecified atom stereocenters. The predicted molar refractivity (Wildman–Crippen MR) is 52.4 cm³/mol. The lowest BCUT2D eigenvalue weighted by Crippen LogP contribution is -2.03. The zero-order valence-corrected chi connectivity index (χ0v) is 8.51. The normalized spacial score (nSPS) is 10.1. The lowest BCUT2D eigenvalue weighted by atomic mass is 10.2. The summed E-state index contributed by atoms with van der Waals surface area (Å²) in [6, 6.07) is 0. The summed E-state index contributed by atoms with van der Waals surface area (Å²) in [6.45, 7) is 0. The van der Waals surface area contributed by atoms with Gasteiger partial charge in [-0.15, -0.1) is 0 Å². The number of nitrogens with two attached hydrogens (primary N) is 1. The zero-order chi connectivity index (χ0) is 10.7. The van der Waals surface area contributed by atoms with E-state index < -0.39 is 5.97 Å². The molecule has 0 atom stereocenters. The minimum atomic E-state index is -0.936. The van der Waals surface area contributed by atoms with Crippen LogP contribution in [-0.4, -0.2) is 21.0 Å². The molecule has 0 aromatic carbocycles. The van der Waals surface area contributed by atoms with Gasteiger partial charge in [0.15, 0.2) is 0 Å². The second-order valence-electron chi connectivity index (χ2n) is 2.54. The molecule has 1 aromatic heterocycles. The third-order valence-electron chi connectivity index (χ3n) is 1.51. The Morgan fingerprint density at radius 3 is 2.29 bits per heavy atom. The van der Waals surface area contributed by atoms with Crippen molar-refractivity contribution in [1.82, 2.24) is 9.97 Å². The Morgan fingerprint density at radius 2 is 1.86 bits per heavy atom. The van der Waals surface area contributed by atoms with E-state index in [1.807, 2.05) is 0 Å². The van der Waals surface area contributed by atoms with Crippen LogP contribution in [0.5, 0.6) is 0 Å². The number of aliphatic carboxylic acids is 1. The largest absolute Gasteiger partial charge is 0.481 e. The number of carboxylic acids is 1. The van der Waals surface area contributed by atoms with Crippen molar-refractivity contribution in [3.8, 4) is 0 Å². The predicted octanol–water partition coefficient (Wildman–Crippen LogP) is 1.38. The molecule has 0 saturated heterocycles. The first-order chi connectivity index (χ1) is 6.50. The maximum Gasteiger partial charge on any atom is 0.303 e. The molecule has 0 aliphatic carbocycles. The molecular weight excluding hydrogens is 229 g/mol. The van der Waals surface area contributed by atoms with Crippen LogP contribution in [0.25, 0.3) is 0 Å². The smallest absolute Gasteiger partial charge is 0.303 e. The van der Waals surface area contributed by atoms with E-state index in [2.05, 4.69) is 9.97 Å². The van der Waals surface area contributed by atoms with Crippen LogP contribution in [0.2, 0.25) is 10.3 Å². The molecule has 0 fully saturated rings. The van der Waals surface area contributed by atoms with Crippen molar-refractivity contribution in [1.29, 1.82) is 0 Å². The molecule has 7 heteroatoms. The highest BCUT2D eigenvalue weighted by atomic mass is 35.5. The topological polar surface area (TPSA) is 89.1 Å². The number of carboxylic acid groups (broad SMARTS) is 1. The molecule has 0 aliphatic rings. The lowest BCUT2D eigenvalue weighted by molar-refractivity contribution is -0.136. The molecule has 0 bridgehead atoms. The highest BCUT2D eigenvalue weighted by Crippen LogP contribution is 2.23. The Balaban J connectivity index is 2.91. The fourth-order valence-corrected chi connectivity index (χ4v) is 1.47. The number of aromatic nitrogens is 2. The van der Waals surface area contributed by atoms with Gasteiger partial charge in [-0.1, -0.05) is 23.2 Å². The molecule has 1 heterocycles. The van der Waals surface area contributed by atoms with Gasteiger partial charge < -0.3 is 10.8 Å². The summed E-state index contributed by atoms with van der Waals surface area (Å²) in [6.07, 6.45) is 0.111. The number of hydrogen-bond acceptors (Lipinski definition) is 4. The van der Waals surface area contributed by atoms with Gasteiger partial charge in [-0.2, -0.15) is 0 Å². The minimum Gasteiger partial charge on any atom is -0.481 e. The quantitative estimate of drug-likeness (QED) is 0.774. The van der Waals surface area contributed by atoms with E-state index in [0.29, 0.717) is 5.56 Å². The van der Waals surface area contributed by atoms with E-state index in [-0.39, 0.29) is 29.1 Å². The average Bonchev–Trinajstić information content (AvgIpc) is 2.01. The molecular formula is C7H7Cl2N3O2. The second-order valence-corrected chi connectivity index (χ2v) is 3.25. The minimum absolute atomic E-state index is 0.0286. The third-order valence-corrected chi connectivity index (χ3v) is 2.14. The molecule has 3 N–H and O–H groups in total. The summed E-state index contributed by atoms with van der Waals surface area (Å²) >= 11 is 11.4. The van der Waals surface area contributed by atoms with Crippen LogP contribution in [0.15, 0.2) is 0 Å². The summed E-state index contributed by atoms with van der Waals surface area (Å²) < 4.78 is 0. The maximum atomic E-state index is 10.3. The highest BCUT2D eigenvalue weighted by molar-refractivity contribution is 6.34. The highest BCUT2D eigenvalue weighted by Gasteiger charge is 2.11. The van der Waals surface area contributed by atoms with Crippen LogP contribution in [0, 0.1) is 0 Å². The monoisotopic (exact) mass is 235 g/mol. The van der Waals surface area contributed by atoms with Gasteiger partial charge in [0.05, 0.1) is 0 Å². The second kappa shape index (κ2) is 4.43. The van der Waals surface area contributed by atoms with Gasteiger partial charge in [-0.25, -0.2) is 9.97 Å². The number of nitrogen functional groups attached to an aromatic ring is 1. The molecule has 76 valence electrons. The summed E-state index contributed by atoms with van der Waals surface area (Å²) in [7, 11) is 0. The maximum absolute atomic E-state index is 10.3. The van der Waals surface area contributed by atoms with Crippen molar-refractivity contribution < 1.29 is 9.90 Å². The number of carbonyl (C=O) groups is 1. The SMILES string of the molecule is Nc1nc(Cl)c(CCC(=O)O)c(Cl)n1. The lowest BCUT2D eigenvalue weighted by Gasteiger charge is -2.04. The van der Waals surface area contributed by atoms with Crippen LogP contribution in [0.1, 0.15) is 12.0 Å². The van der Waals surface area contributed by atoms with Crippen molar-refractivity contribution >= 4 is 35.1 Å². The molecule has 0 amide bonds. The van der Waals surface area contributed by atoms with Gasteiger partial charge in [-0.05, 0) is 6.42 Å². The Kier molecular flexibility index (Phi) is 3.49. The van der Waals surface area contributed by atoms with Gasteiger partial charge in [0.1, 0.15) is 10.3 Å². The Hall–Kier alpha value is -1.07. The van der Waals surface area contributed by atoms with Crippen LogP contribution < -0.4 is 5.73 Å². The molecule has 0 aliphatic heterocycles. The van der Waals surface area contributed by atoms with Gasteiger partial charge in [0.2, 0.25) is 5.95 Å². The van der Waals surface area contributed by atoms with Gasteiger partial charge >= 0.3 is 5.97 Å². The summed E-state index contributed by atoms with van der Waals surface area (Å²) in [5.74, 6) is -0.965. The van der Waals surface area contributed by atoms with Crippen LogP contribution in [-0.2, 0) is 11.2 Å². The number of halogens is 2.